The number of nitrogens with zero attached hydrogens (tertiary/aromatic N) is 3. The quantitative estimate of drug-likeness (QED) is 0.397. The van der Waals surface area contributed by atoms with E-state index < -0.39 is 0 Å². The molecule has 0 unspecified atom stereocenters. The van der Waals surface area contributed by atoms with Gasteiger partial charge in [-0.1, -0.05) is 18.2 Å². The summed E-state index contributed by atoms with van der Waals surface area (Å²) in [6.07, 6.45) is 3.79. The van der Waals surface area contributed by atoms with Crippen LogP contribution in [0.2, 0.25) is 0 Å². The van der Waals surface area contributed by atoms with E-state index in [9.17, 15) is 4.79 Å². The SMILES string of the molecule is COc1ccc(OC)c(-c2csc(NC(=O)c3cnn(-c4ccccc4C)c3C3CC3)n2)c1. The minimum absolute atomic E-state index is 0.199. The largest absolute Gasteiger partial charge is 0.497 e. The van der Waals surface area contributed by atoms with Crippen molar-refractivity contribution in [3.8, 4) is 28.4 Å². The third kappa shape index (κ3) is 4.09. The molecule has 1 N–H and O–H groups in total. The maximum absolute atomic E-state index is 13.2. The Morgan fingerprint density at radius 3 is 2.70 bits per heavy atom. The van der Waals surface area contributed by atoms with Gasteiger partial charge < -0.3 is 9.47 Å². The fraction of sp³-hybridized carbons (Fsp3) is 0.240. The summed E-state index contributed by atoms with van der Waals surface area (Å²) in [6.45, 7) is 2.05. The number of ether oxygens (including phenoxy) is 2. The van der Waals surface area contributed by atoms with Gasteiger partial charge in [-0.05, 0) is 49.6 Å². The Hall–Kier alpha value is -3.65. The van der Waals surface area contributed by atoms with Crippen LogP contribution in [0, 0.1) is 6.92 Å². The number of carbonyl (C=O) groups excluding carboxylic acids is 1. The number of rotatable bonds is 7. The number of amides is 1. The highest BCUT2D eigenvalue weighted by Crippen LogP contribution is 2.43. The van der Waals surface area contributed by atoms with Gasteiger partial charge in [-0.3, -0.25) is 10.1 Å². The van der Waals surface area contributed by atoms with Crippen LogP contribution < -0.4 is 14.8 Å². The Morgan fingerprint density at radius 1 is 1.15 bits per heavy atom. The second-order valence-corrected chi connectivity index (χ2v) is 8.83. The molecule has 168 valence electrons. The summed E-state index contributed by atoms with van der Waals surface area (Å²) in [5.41, 5.74) is 5.19. The smallest absolute Gasteiger partial charge is 0.260 e. The number of aryl methyl sites for hydroxylation is 1. The highest BCUT2D eigenvalue weighted by molar-refractivity contribution is 7.14. The van der Waals surface area contributed by atoms with Gasteiger partial charge in [0.2, 0.25) is 0 Å². The molecule has 8 heteroatoms. The van der Waals surface area contributed by atoms with Crippen molar-refractivity contribution in [2.24, 2.45) is 0 Å². The molecule has 0 bridgehead atoms. The lowest BCUT2D eigenvalue weighted by Gasteiger charge is -2.11. The molecular formula is C25H24N4O3S. The van der Waals surface area contributed by atoms with Gasteiger partial charge in [0.15, 0.2) is 5.13 Å². The van der Waals surface area contributed by atoms with Crippen LogP contribution in [-0.4, -0.2) is 34.9 Å². The number of hydrogen-bond acceptors (Lipinski definition) is 6. The lowest BCUT2D eigenvalue weighted by atomic mass is 10.1. The standard InChI is InChI=1S/C25H24N4O3S/c1-15-6-4-5-7-21(15)29-23(16-8-9-16)19(13-26-29)24(30)28-25-27-20(14-33-25)18-12-17(31-2)10-11-22(18)32-3/h4-7,10-14,16H,8-9H2,1-3H3,(H,27,28,30). The molecule has 0 radical (unpaired) electrons. The van der Waals surface area contributed by atoms with E-state index in [1.54, 1.807) is 20.4 Å². The maximum Gasteiger partial charge on any atom is 0.260 e. The molecule has 1 aliphatic carbocycles. The molecule has 7 nitrogen and oxygen atoms in total. The van der Waals surface area contributed by atoms with Crippen molar-refractivity contribution in [2.45, 2.75) is 25.7 Å². The van der Waals surface area contributed by atoms with Crippen LogP contribution in [-0.2, 0) is 0 Å². The summed E-state index contributed by atoms with van der Waals surface area (Å²) in [6, 6.07) is 13.6. The van der Waals surface area contributed by atoms with Gasteiger partial charge >= 0.3 is 0 Å². The zero-order chi connectivity index (χ0) is 22.9. The first-order chi connectivity index (χ1) is 16.1. The highest BCUT2D eigenvalue weighted by atomic mass is 32.1. The molecule has 0 atom stereocenters. The number of methoxy groups -OCH3 is 2. The number of hydrogen-bond donors (Lipinski definition) is 1. The molecule has 2 aromatic carbocycles. The summed E-state index contributed by atoms with van der Waals surface area (Å²) < 4.78 is 12.7. The molecule has 5 rings (SSSR count). The zero-order valence-corrected chi connectivity index (χ0v) is 19.5. The summed E-state index contributed by atoms with van der Waals surface area (Å²) in [5.74, 6) is 1.55. The molecule has 1 fully saturated rings. The minimum Gasteiger partial charge on any atom is -0.497 e. The van der Waals surface area contributed by atoms with Crippen LogP contribution in [0.3, 0.4) is 0 Å². The van der Waals surface area contributed by atoms with Gasteiger partial charge in [0, 0.05) is 16.9 Å². The van der Waals surface area contributed by atoms with E-state index in [0.29, 0.717) is 33.8 Å². The molecule has 0 saturated heterocycles. The van der Waals surface area contributed by atoms with Gasteiger partial charge in [-0.15, -0.1) is 11.3 Å². The minimum atomic E-state index is -0.199. The van der Waals surface area contributed by atoms with Crippen molar-refractivity contribution in [1.82, 2.24) is 14.8 Å². The second kappa shape index (κ2) is 8.71. The average molecular weight is 461 g/mol. The van der Waals surface area contributed by atoms with E-state index in [-0.39, 0.29) is 5.91 Å². The molecule has 0 spiro atoms. The lowest BCUT2D eigenvalue weighted by Crippen LogP contribution is -2.14. The summed E-state index contributed by atoms with van der Waals surface area (Å²) in [4.78, 5) is 17.8. The van der Waals surface area contributed by atoms with E-state index in [1.807, 2.05) is 46.5 Å². The number of carbonyl (C=O) groups is 1. The topological polar surface area (TPSA) is 78.3 Å². The number of nitrogens with one attached hydrogen (secondary N) is 1. The first-order valence-corrected chi connectivity index (χ1v) is 11.6. The van der Waals surface area contributed by atoms with Gasteiger partial charge in [0.1, 0.15) is 11.5 Å². The molecule has 1 amide bonds. The Labute approximate surface area is 196 Å². The van der Waals surface area contributed by atoms with Crippen LogP contribution in [0.5, 0.6) is 11.5 Å². The van der Waals surface area contributed by atoms with Crippen LogP contribution in [0.1, 0.15) is 40.4 Å². The third-order valence-electron chi connectivity index (χ3n) is 5.77. The lowest BCUT2D eigenvalue weighted by molar-refractivity contribution is 0.102. The number of para-hydroxylation sites is 1. The van der Waals surface area contributed by atoms with Crippen LogP contribution >= 0.6 is 11.3 Å². The molecule has 2 aromatic heterocycles. The molecule has 0 aliphatic heterocycles. The summed E-state index contributed by atoms with van der Waals surface area (Å²) in [5, 5.41) is 9.95. The number of anilines is 1. The predicted molar refractivity (Wildman–Crippen MR) is 129 cm³/mol. The monoisotopic (exact) mass is 460 g/mol. The Balaban J connectivity index is 1.43. The van der Waals surface area contributed by atoms with E-state index in [0.717, 1.165) is 35.3 Å². The van der Waals surface area contributed by atoms with Gasteiger partial charge in [-0.2, -0.15) is 5.10 Å². The summed E-state index contributed by atoms with van der Waals surface area (Å²) in [7, 11) is 3.23. The van der Waals surface area contributed by atoms with Gasteiger partial charge in [0.25, 0.3) is 5.91 Å². The van der Waals surface area contributed by atoms with E-state index >= 15 is 0 Å². The molecule has 2 heterocycles. The van der Waals surface area contributed by atoms with Crippen molar-refractivity contribution >= 4 is 22.4 Å². The molecule has 1 aliphatic rings. The maximum atomic E-state index is 13.2. The summed E-state index contributed by atoms with van der Waals surface area (Å²) >= 11 is 1.37. The fourth-order valence-electron chi connectivity index (χ4n) is 3.91. The number of thiazole rings is 1. The third-order valence-corrected chi connectivity index (χ3v) is 6.52. The second-order valence-electron chi connectivity index (χ2n) is 7.97. The average Bonchev–Trinajstić information content (AvgIpc) is 3.40. The predicted octanol–water partition coefficient (Wildman–Crippen LogP) is 5.45. The first-order valence-electron chi connectivity index (χ1n) is 10.7. The number of aromatic nitrogens is 3. The normalized spacial score (nSPS) is 13.1. The van der Waals surface area contributed by atoms with Crippen LogP contribution in [0.15, 0.2) is 54.0 Å². The van der Waals surface area contributed by atoms with Crippen molar-refractivity contribution in [3.63, 3.8) is 0 Å². The van der Waals surface area contributed by atoms with Crippen molar-refractivity contribution in [1.29, 1.82) is 0 Å². The van der Waals surface area contributed by atoms with E-state index in [1.165, 1.54) is 11.3 Å². The van der Waals surface area contributed by atoms with Crippen molar-refractivity contribution < 1.29 is 14.3 Å². The number of benzene rings is 2. The Kier molecular flexibility index (Phi) is 5.60. The Bertz CT molecular complexity index is 1320. The molecule has 1 saturated carbocycles. The fourth-order valence-corrected chi connectivity index (χ4v) is 4.61. The highest BCUT2D eigenvalue weighted by Gasteiger charge is 2.33. The molecule has 33 heavy (non-hydrogen) atoms. The molecular weight excluding hydrogens is 436 g/mol. The Morgan fingerprint density at radius 2 is 1.97 bits per heavy atom. The first kappa shape index (κ1) is 21.2. The van der Waals surface area contributed by atoms with Crippen LogP contribution in [0.25, 0.3) is 16.9 Å². The van der Waals surface area contributed by atoms with Crippen molar-refractivity contribution in [2.75, 3.05) is 19.5 Å². The van der Waals surface area contributed by atoms with E-state index in [2.05, 4.69) is 28.4 Å². The van der Waals surface area contributed by atoms with Crippen molar-refractivity contribution in [3.05, 3.63) is 70.9 Å². The van der Waals surface area contributed by atoms with E-state index in [4.69, 9.17) is 9.47 Å². The van der Waals surface area contributed by atoms with Gasteiger partial charge in [0.05, 0.1) is 43.1 Å². The van der Waals surface area contributed by atoms with Gasteiger partial charge in [-0.25, -0.2) is 9.67 Å². The zero-order valence-electron chi connectivity index (χ0n) is 18.7. The molecule has 4 aromatic rings. The van der Waals surface area contributed by atoms with Crippen LogP contribution in [0.4, 0.5) is 5.13 Å².